The number of benzene rings is 2. The van der Waals surface area contributed by atoms with E-state index in [-0.39, 0.29) is 11.1 Å². The van der Waals surface area contributed by atoms with Crippen molar-refractivity contribution in [3.63, 3.8) is 0 Å². The molecule has 6 nitrogen and oxygen atoms in total. The van der Waals surface area contributed by atoms with Crippen molar-refractivity contribution < 1.29 is 9.59 Å². The first-order valence-corrected chi connectivity index (χ1v) is 10.1. The molecule has 3 rings (SSSR count). The fourth-order valence-corrected chi connectivity index (χ4v) is 3.47. The standard InChI is InChI=1S/C22H24N4O2S/c1-5-20-19(14-23-26(20)17-10-6-15(2)7-11-17)21(27)24-16-8-12-18(13-9-16)29-22(28)25(3)4/h6-14H,5H2,1-4H3,(H,24,27). The van der Waals surface area contributed by atoms with Crippen LogP contribution in [0.15, 0.2) is 59.6 Å². The largest absolute Gasteiger partial charge is 0.339 e. The number of rotatable bonds is 5. The number of aromatic nitrogens is 2. The van der Waals surface area contributed by atoms with Gasteiger partial charge in [-0.1, -0.05) is 24.6 Å². The van der Waals surface area contributed by atoms with Crippen LogP contribution in [0.2, 0.25) is 0 Å². The third-order valence-corrected chi connectivity index (χ3v) is 5.46. The Morgan fingerprint density at radius 2 is 1.72 bits per heavy atom. The first-order valence-electron chi connectivity index (χ1n) is 9.33. The van der Waals surface area contributed by atoms with Crippen molar-refractivity contribution in [2.75, 3.05) is 19.4 Å². The number of hydrogen-bond donors (Lipinski definition) is 1. The van der Waals surface area contributed by atoms with Gasteiger partial charge in [-0.05, 0) is 61.5 Å². The summed E-state index contributed by atoms with van der Waals surface area (Å²) in [6, 6.07) is 15.3. The highest BCUT2D eigenvalue weighted by atomic mass is 32.2. The molecule has 29 heavy (non-hydrogen) atoms. The molecule has 0 aliphatic rings. The Kier molecular flexibility index (Phi) is 6.39. The monoisotopic (exact) mass is 408 g/mol. The Labute approximate surface area is 174 Å². The lowest BCUT2D eigenvalue weighted by atomic mass is 10.1. The van der Waals surface area contributed by atoms with E-state index in [0.29, 0.717) is 17.7 Å². The van der Waals surface area contributed by atoms with E-state index < -0.39 is 0 Å². The predicted molar refractivity (Wildman–Crippen MR) is 117 cm³/mol. The maximum Gasteiger partial charge on any atom is 0.285 e. The van der Waals surface area contributed by atoms with Gasteiger partial charge >= 0.3 is 0 Å². The molecule has 2 amide bonds. The van der Waals surface area contributed by atoms with Gasteiger partial charge in [0.05, 0.1) is 23.1 Å². The van der Waals surface area contributed by atoms with E-state index in [9.17, 15) is 9.59 Å². The summed E-state index contributed by atoms with van der Waals surface area (Å²) in [5.74, 6) is -0.204. The quantitative estimate of drug-likeness (QED) is 0.618. The van der Waals surface area contributed by atoms with Crippen LogP contribution in [-0.2, 0) is 6.42 Å². The second kappa shape index (κ2) is 8.96. The molecule has 3 aromatic rings. The van der Waals surface area contributed by atoms with Crippen LogP contribution in [0, 0.1) is 6.92 Å². The van der Waals surface area contributed by atoms with E-state index in [1.165, 1.54) is 10.5 Å². The van der Waals surface area contributed by atoms with Crippen LogP contribution in [0.1, 0.15) is 28.5 Å². The number of carbonyl (C=O) groups is 2. The minimum Gasteiger partial charge on any atom is -0.339 e. The molecular weight excluding hydrogens is 384 g/mol. The molecule has 1 N–H and O–H groups in total. The minimum atomic E-state index is -0.204. The van der Waals surface area contributed by atoms with Gasteiger partial charge in [0, 0.05) is 24.7 Å². The van der Waals surface area contributed by atoms with Gasteiger partial charge in [0.1, 0.15) is 0 Å². The molecule has 1 aromatic heterocycles. The lowest BCUT2D eigenvalue weighted by Gasteiger charge is -2.10. The molecule has 0 saturated carbocycles. The molecule has 0 saturated heterocycles. The number of nitrogens with one attached hydrogen (secondary N) is 1. The van der Waals surface area contributed by atoms with Gasteiger partial charge in [-0.3, -0.25) is 9.59 Å². The van der Waals surface area contributed by atoms with Crippen LogP contribution < -0.4 is 5.32 Å². The number of thioether (sulfide) groups is 1. The Hall–Kier alpha value is -3.06. The van der Waals surface area contributed by atoms with Crippen molar-refractivity contribution in [2.24, 2.45) is 0 Å². The minimum absolute atomic E-state index is 0.0436. The smallest absolute Gasteiger partial charge is 0.285 e. The highest BCUT2D eigenvalue weighted by molar-refractivity contribution is 8.13. The van der Waals surface area contributed by atoms with Gasteiger partial charge < -0.3 is 10.2 Å². The Bertz CT molecular complexity index is 1010. The lowest BCUT2D eigenvalue weighted by molar-refractivity contribution is 0.102. The van der Waals surface area contributed by atoms with Crippen LogP contribution in [0.4, 0.5) is 10.5 Å². The summed E-state index contributed by atoms with van der Waals surface area (Å²) in [6.07, 6.45) is 2.28. The summed E-state index contributed by atoms with van der Waals surface area (Å²) in [6.45, 7) is 4.04. The van der Waals surface area contributed by atoms with E-state index in [1.54, 1.807) is 37.1 Å². The number of hydrogen-bond acceptors (Lipinski definition) is 4. The summed E-state index contributed by atoms with van der Waals surface area (Å²) >= 11 is 1.14. The van der Waals surface area contributed by atoms with Crippen molar-refractivity contribution in [3.8, 4) is 5.69 Å². The summed E-state index contributed by atoms with van der Waals surface area (Å²) in [5, 5.41) is 7.29. The molecule has 0 radical (unpaired) electrons. The zero-order valence-electron chi connectivity index (χ0n) is 17.0. The van der Waals surface area contributed by atoms with Crippen LogP contribution in [0.25, 0.3) is 5.69 Å². The Morgan fingerprint density at radius 3 is 2.31 bits per heavy atom. The fraction of sp³-hybridized carbons (Fsp3) is 0.227. The van der Waals surface area contributed by atoms with Gasteiger partial charge in [0.15, 0.2) is 0 Å². The third-order valence-electron chi connectivity index (χ3n) is 4.41. The summed E-state index contributed by atoms with van der Waals surface area (Å²) in [5.41, 5.74) is 4.18. The van der Waals surface area contributed by atoms with Gasteiger partial charge in [-0.15, -0.1) is 0 Å². The molecule has 0 unspecified atom stereocenters. The zero-order chi connectivity index (χ0) is 21.0. The van der Waals surface area contributed by atoms with E-state index in [0.717, 1.165) is 28.0 Å². The molecule has 150 valence electrons. The van der Waals surface area contributed by atoms with Crippen molar-refractivity contribution in [3.05, 3.63) is 71.5 Å². The molecular formula is C22H24N4O2S. The number of carbonyl (C=O) groups excluding carboxylic acids is 2. The molecule has 0 atom stereocenters. The van der Waals surface area contributed by atoms with Gasteiger partial charge in [0.2, 0.25) is 0 Å². The molecule has 1 heterocycles. The number of nitrogens with zero attached hydrogens (tertiary/aromatic N) is 3. The first kappa shape index (κ1) is 20.7. The van der Waals surface area contributed by atoms with Crippen LogP contribution in [0.5, 0.6) is 0 Å². The highest BCUT2D eigenvalue weighted by Crippen LogP contribution is 2.23. The van der Waals surface area contributed by atoms with E-state index in [1.807, 2.05) is 50.2 Å². The van der Waals surface area contributed by atoms with Gasteiger partial charge in [-0.25, -0.2) is 4.68 Å². The summed E-state index contributed by atoms with van der Waals surface area (Å²) in [7, 11) is 3.43. The average Bonchev–Trinajstić information content (AvgIpc) is 3.14. The average molecular weight is 409 g/mol. The molecule has 7 heteroatoms. The van der Waals surface area contributed by atoms with Gasteiger partial charge in [-0.2, -0.15) is 5.10 Å². The highest BCUT2D eigenvalue weighted by Gasteiger charge is 2.17. The Balaban J connectivity index is 1.75. The molecule has 0 aliphatic heterocycles. The topological polar surface area (TPSA) is 67.2 Å². The second-order valence-corrected chi connectivity index (χ2v) is 7.87. The van der Waals surface area contributed by atoms with E-state index >= 15 is 0 Å². The fourth-order valence-electron chi connectivity index (χ4n) is 2.81. The van der Waals surface area contributed by atoms with Crippen LogP contribution >= 0.6 is 11.8 Å². The normalized spacial score (nSPS) is 10.6. The summed E-state index contributed by atoms with van der Waals surface area (Å²) in [4.78, 5) is 26.9. The lowest BCUT2D eigenvalue weighted by Crippen LogP contribution is -2.16. The molecule has 0 spiro atoms. The van der Waals surface area contributed by atoms with Crippen molar-refractivity contribution in [1.82, 2.24) is 14.7 Å². The van der Waals surface area contributed by atoms with Gasteiger partial charge in [0.25, 0.3) is 11.1 Å². The maximum atomic E-state index is 12.8. The summed E-state index contributed by atoms with van der Waals surface area (Å²) < 4.78 is 1.81. The zero-order valence-corrected chi connectivity index (χ0v) is 17.8. The Morgan fingerprint density at radius 1 is 1.07 bits per heavy atom. The predicted octanol–water partition coefficient (Wildman–Crippen LogP) is 4.77. The number of aryl methyl sites for hydroxylation is 1. The maximum absolute atomic E-state index is 12.8. The van der Waals surface area contributed by atoms with Crippen LogP contribution in [0.3, 0.4) is 0 Å². The first-order chi connectivity index (χ1) is 13.9. The SMILES string of the molecule is CCc1c(C(=O)Nc2ccc(SC(=O)N(C)C)cc2)cnn1-c1ccc(C)cc1. The van der Waals surface area contributed by atoms with Crippen molar-refractivity contribution in [1.29, 1.82) is 0 Å². The van der Waals surface area contributed by atoms with Crippen molar-refractivity contribution in [2.45, 2.75) is 25.2 Å². The van der Waals surface area contributed by atoms with E-state index in [2.05, 4.69) is 10.4 Å². The molecule has 2 aromatic carbocycles. The molecule has 0 fully saturated rings. The van der Waals surface area contributed by atoms with Crippen LogP contribution in [-0.4, -0.2) is 39.9 Å². The molecule has 0 aliphatic carbocycles. The second-order valence-electron chi connectivity index (χ2n) is 6.85. The third kappa shape index (κ3) is 4.86. The number of anilines is 1. The number of amides is 2. The van der Waals surface area contributed by atoms with E-state index in [4.69, 9.17) is 0 Å². The van der Waals surface area contributed by atoms with Crippen molar-refractivity contribution >= 4 is 28.6 Å². The molecule has 0 bridgehead atoms.